The zero-order chi connectivity index (χ0) is 20.4. The molecule has 3 aromatic rings. The Morgan fingerprint density at radius 1 is 1.10 bits per heavy atom. The number of anilines is 1. The number of nitrogens with zero attached hydrogens (tertiary/aromatic N) is 3. The van der Waals surface area contributed by atoms with Gasteiger partial charge in [0.2, 0.25) is 5.91 Å². The van der Waals surface area contributed by atoms with Crippen LogP contribution in [0.5, 0.6) is 0 Å². The molecule has 0 aliphatic carbocycles. The Kier molecular flexibility index (Phi) is 5.27. The molecule has 1 aliphatic rings. The van der Waals surface area contributed by atoms with E-state index in [1.54, 1.807) is 11.8 Å². The number of amides is 1. The van der Waals surface area contributed by atoms with Gasteiger partial charge in [0.05, 0.1) is 0 Å². The van der Waals surface area contributed by atoms with Gasteiger partial charge >= 0.3 is 0 Å². The van der Waals surface area contributed by atoms with Crippen molar-refractivity contribution in [2.75, 3.05) is 18.1 Å². The summed E-state index contributed by atoms with van der Waals surface area (Å²) in [5, 5.41) is 9.36. The highest BCUT2D eigenvalue weighted by Crippen LogP contribution is 2.28. The fourth-order valence-electron chi connectivity index (χ4n) is 3.87. The van der Waals surface area contributed by atoms with Crippen molar-refractivity contribution in [1.82, 2.24) is 9.55 Å². The van der Waals surface area contributed by atoms with Gasteiger partial charge in [-0.3, -0.25) is 14.2 Å². The molecule has 0 saturated heterocycles. The first-order chi connectivity index (χ1) is 14.1. The second-order valence-corrected chi connectivity index (χ2v) is 7.15. The van der Waals surface area contributed by atoms with Gasteiger partial charge in [-0.2, -0.15) is 0 Å². The molecule has 148 valence electrons. The van der Waals surface area contributed by atoms with E-state index >= 15 is 0 Å². The van der Waals surface area contributed by atoms with Crippen LogP contribution in [-0.2, 0) is 24.2 Å². The highest BCUT2D eigenvalue weighted by atomic mass is 16.3. The molecule has 0 atom stereocenters. The molecule has 6 heteroatoms. The van der Waals surface area contributed by atoms with Crippen molar-refractivity contribution in [2.45, 2.75) is 26.3 Å². The van der Waals surface area contributed by atoms with Crippen LogP contribution >= 0.6 is 0 Å². The highest BCUT2D eigenvalue weighted by molar-refractivity contribution is 5.95. The predicted molar refractivity (Wildman–Crippen MR) is 112 cm³/mol. The standard InChI is InChI=1S/C23H23N3O3/c1-16-19(12-14-27)23(29)26(22(24-16)18-8-3-2-4-9-18)15-21(28)25-13-11-17-7-5-6-10-20(17)25/h2-10,27H,11-15H2,1H3. The van der Waals surface area contributed by atoms with Gasteiger partial charge in [-0.15, -0.1) is 0 Å². The number of carbonyl (C=O) groups excluding carboxylic acids is 1. The number of aliphatic hydroxyl groups is 1. The zero-order valence-corrected chi connectivity index (χ0v) is 16.3. The van der Waals surface area contributed by atoms with Crippen molar-refractivity contribution >= 4 is 11.6 Å². The Labute approximate surface area is 169 Å². The van der Waals surface area contributed by atoms with Crippen molar-refractivity contribution < 1.29 is 9.90 Å². The summed E-state index contributed by atoms with van der Waals surface area (Å²) in [5.74, 6) is 0.324. The quantitative estimate of drug-likeness (QED) is 0.727. The molecule has 1 aromatic heterocycles. The largest absolute Gasteiger partial charge is 0.396 e. The molecule has 2 aromatic carbocycles. The average molecular weight is 389 g/mol. The number of aliphatic hydroxyl groups excluding tert-OH is 1. The van der Waals surface area contributed by atoms with E-state index in [2.05, 4.69) is 4.98 Å². The molecule has 2 heterocycles. The molecule has 29 heavy (non-hydrogen) atoms. The number of fused-ring (bicyclic) bond motifs is 1. The molecule has 4 rings (SSSR count). The van der Waals surface area contributed by atoms with E-state index in [-0.39, 0.29) is 31.0 Å². The maximum atomic E-state index is 13.2. The summed E-state index contributed by atoms with van der Waals surface area (Å²) in [7, 11) is 0. The van der Waals surface area contributed by atoms with E-state index in [0.29, 0.717) is 23.6 Å². The first-order valence-electron chi connectivity index (χ1n) is 9.75. The monoisotopic (exact) mass is 389 g/mol. The lowest BCUT2D eigenvalue weighted by Gasteiger charge is -2.20. The summed E-state index contributed by atoms with van der Waals surface area (Å²) >= 11 is 0. The second kappa shape index (κ2) is 8.01. The van der Waals surface area contributed by atoms with Crippen LogP contribution in [-0.4, -0.2) is 33.7 Å². The van der Waals surface area contributed by atoms with Gasteiger partial charge in [-0.1, -0.05) is 48.5 Å². The third-order valence-corrected chi connectivity index (χ3v) is 5.34. The summed E-state index contributed by atoms with van der Waals surface area (Å²) in [4.78, 5) is 32.7. The van der Waals surface area contributed by atoms with Gasteiger partial charge in [0.15, 0.2) is 0 Å². The fourth-order valence-corrected chi connectivity index (χ4v) is 3.87. The first kappa shape index (κ1) is 19.1. The molecule has 0 unspecified atom stereocenters. The summed E-state index contributed by atoms with van der Waals surface area (Å²) in [6.45, 7) is 2.14. The molecule has 0 spiro atoms. The number of hydrogen-bond donors (Lipinski definition) is 1. The Bertz CT molecular complexity index is 1110. The maximum Gasteiger partial charge on any atom is 0.257 e. The van der Waals surface area contributed by atoms with Crippen molar-refractivity contribution in [1.29, 1.82) is 0 Å². The van der Waals surface area contributed by atoms with Crippen LogP contribution in [0.2, 0.25) is 0 Å². The molecule has 6 nitrogen and oxygen atoms in total. The van der Waals surface area contributed by atoms with E-state index in [9.17, 15) is 14.7 Å². The van der Waals surface area contributed by atoms with Crippen molar-refractivity contribution in [2.24, 2.45) is 0 Å². The number of benzene rings is 2. The lowest BCUT2D eigenvalue weighted by atomic mass is 10.1. The van der Waals surface area contributed by atoms with Gasteiger partial charge in [-0.05, 0) is 25.0 Å². The molecule has 1 amide bonds. The van der Waals surface area contributed by atoms with Crippen molar-refractivity contribution in [3.63, 3.8) is 0 Å². The average Bonchev–Trinajstić information content (AvgIpc) is 3.18. The fraction of sp³-hybridized carbons (Fsp3) is 0.261. The van der Waals surface area contributed by atoms with Crippen molar-refractivity contribution in [3.8, 4) is 11.4 Å². The zero-order valence-electron chi connectivity index (χ0n) is 16.3. The lowest BCUT2D eigenvalue weighted by molar-refractivity contribution is -0.119. The predicted octanol–water partition coefficient (Wildman–Crippen LogP) is 2.34. The van der Waals surface area contributed by atoms with E-state index in [4.69, 9.17) is 0 Å². The molecule has 0 fully saturated rings. The van der Waals surface area contributed by atoms with Crippen LogP contribution in [0.15, 0.2) is 59.4 Å². The minimum atomic E-state index is -0.272. The summed E-state index contributed by atoms with van der Waals surface area (Å²) in [5.41, 5.74) is 3.57. The van der Waals surface area contributed by atoms with Crippen LogP contribution in [0.4, 0.5) is 5.69 Å². The van der Waals surface area contributed by atoms with Gasteiger partial charge in [0, 0.05) is 42.1 Å². The Hall–Kier alpha value is -3.25. The summed E-state index contributed by atoms with van der Waals surface area (Å²) in [6.07, 6.45) is 1.03. The van der Waals surface area contributed by atoms with E-state index in [0.717, 1.165) is 23.2 Å². The number of hydrogen-bond acceptors (Lipinski definition) is 4. The Morgan fingerprint density at radius 2 is 1.83 bits per heavy atom. The summed E-state index contributed by atoms with van der Waals surface area (Å²) < 4.78 is 1.44. The van der Waals surface area contributed by atoms with Crippen LogP contribution < -0.4 is 10.5 Å². The molecule has 1 N–H and O–H groups in total. The maximum absolute atomic E-state index is 13.2. The molecular weight excluding hydrogens is 366 g/mol. The van der Waals surface area contributed by atoms with Crippen LogP contribution in [0, 0.1) is 6.92 Å². The third-order valence-electron chi connectivity index (χ3n) is 5.34. The van der Waals surface area contributed by atoms with E-state index in [1.807, 2.05) is 54.6 Å². The minimum Gasteiger partial charge on any atom is -0.396 e. The normalized spacial score (nSPS) is 12.8. The molecule has 0 saturated carbocycles. The Balaban J connectivity index is 1.77. The van der Waals surface area contributed by atoms with Crippen LogP contribution in [0.3, 0.4) is 0 Å². The first-order valence-corrected chi connectivity index (χ1v) is 9.75. The molecule has 1 aliphatic heterocycles. The molecule has 0 radical (unpaired) electrons. The topological polar surface area (TPSA) is 75.4 Å². The number of para-hydroxylation sites is 1. The van der Waals surface area contributed by atoms with Gasteiger partial charge in [-0.25, -0.2) is 4.98 Å². The third kappa shape index (κ3) is 3.59. The SMILES string of the molecule is Cc1nc(-c2ccccc2)n(CC(=O)N2CCc3ccccc32)c(=O)c1CCO. The van der Waals surface area contributed by atoms with Crippen LogP contribution in [0.1, 0.15) is 16.8 Å². The number of aryl methyl sites for hydroxylation is 1. The Morgan fingerprint density at radius 3 is 2.59 bits per heavy atom. The van der Waals surface area contributed by atoms with Gasteiger partial charge < -0.3 is 10.0 Å². The number of carbonyl (C=O) groups is 1. The van der Waals surface area contributed by atoms with Gasteiger partial charge in [0.1, 0.15) is 12.4 Å². The summed E-state index contributed by atoms with van der Waals surface area (Å²) in [6, 6.07) is 17.2. The lowest BCUT2D eigenvalue weighted by Crippen LogP contribution is -2.37. The number of rotatable bonds is 5. The highest BCUT2D eigenvalue weighted by Gasteiger charge is 2.26. The smallest absolute Gasteiger partial charge is 0.257 e. The minimum absolute atomic E-state index is 0.0941. The van der Waals surface area contributed by atoms with Gasteiger partial charge in [0.25, 0.3) is 5.56 Å². The van der Waals surface area contributed by atoms with E-state index < -0.39 is 0 Å². The molecule has 0 bridgehead atoms. The second-order valence-electron chi connectivity index (χ2n) is 7.15. The van der Waals surface area contributed by atoms with E-state index in [1.165, 1.54) is 4.57 Å². The number of aromatic nitrogens is 2. The van der Waals surface area contributed by atoms with Crippen molar-refractivity contribution in [3.05, 3.63) is 81.8 Å². The van der Waals surface area contributed by atoms with Crippen LogP contribution in [0.25, 0.3) is 11.4 Å². The molecular formula is C23H23N3O3.